The predicted molar refractivity (Wildman–Crippen MR) is 51.4 cm³/mol. The van der Waals surface area contributed by atoms with Crippen molar-refractivity contribution in [3.8, 4) is 0 Å². The zero-order valence-corrected chi connectivity index (χ0v) is 8.44. The van der Waals surface area contributed by atoms with Crippen molar-refractivity contribution in [3.05, 3.63) is 0 Å². The molecule has 0 aliphatic rings. The Bertz CT molecular complexity index is 103. The smallest absolute Gasteiger partial charge is 0.376 e. The second-order valence-corrected chi connectivity index (χ2v) is 3.72. The Morgan fingerprint density at radius 1 is 1.64 bits per heavy atom. The molecule has 0 bridgehead atoms. The topological polar surface area (TPSA) is 23.5 Å². The highest BCUT2D eigenvalue weighted by Gasteiger charge is 2.16. The molecule has 5 heteroatoms. The fourth-order valence-electron chi connectivity index (χ4n) is 0.862. The van der Waals surface area contributed by atoms with E-state index in [0.717, 1.165) is 0 Å². The van der Waals surface area contributed by atoms with Crippen LogP contribution in [0.15, 0.2) is 0 Å². The lowest BCUT2D eigenvalue weighted by Gasteiger charge is -2.22. The van der Waals surface area contributed by atoms with Gasteiger partial charge in [0.2, 0.25) is 0 Å². The molecule has 0 aliphatic carbocycles. The summed E-state index contributed by atoms with van der Waals surface area (Å²) in [4.78, 5) is 1.84. The number of hydrogen-bond acceptors (Lipinski definition) is 2. The minimum Gasteiger partial charge on any atom is -0.437 e. The van der Waals surface area contributed by atoms with Gasteiger partial charge in [-0.3, -0.25) is 0 Å². The van der Waals surface area contributed by atoms with Gasteiger partial charge in [0, 0.05) is 24.3 Å². The fraction of sp³-hybridized carbons (Fsp3) is 1.00. The lowest BCUT2D eigenvalue weighted by Crippen LogP contribution is -2.41. The molecule has 0 fully saturated rings. The van der Waals surface area contributed by atoms with Crippen molar-refractivity contribution in [2.75, 3.05) is 19.0 Å². The molecular weight excluding hydrogens is 184 g/mol. The summed E-state index contributed by atoms with van der Waals surface area (Å²) in [5.74, 6) is 0.522. The standard InChI is InChI=1S/C6H14BCl2NO/c1-6(9)5-10(4-3-8)7(2)11/h6,11H,3-5H2,1-2H3. The van der Waals surface area contributed by atoms with Crippen LogP contribution in [0.25, 0.3) is 0 Å². The van der Waals surface area contributed by atoms with E-state index in [1.807, 2.05) is 11.7 Å². The van der Waals surface area contributed by atoms with Crippen LogP contribution < -0.4 is 0 Å². The molecule has 66 valence electrons. The van der Waals surface area contributed by atoms with Gasteiger partial charge in [0.15, 0.2) is 0 Å². The highest BCUT2D eigenvalue weighted by Crippen LogP contribution is 2.00. The number of halogens is 2. The van der Waals surface area contributed by atoms with Crippen LogP contribution in [0.5, 0.6) is 0 Å². The van der Waals surface area contributed by atoms with Crippen LogP contribution in [0.1, 0.15) is 6.92 Å². The van der Waals surface area contributed by atoms with Gasteiger partial charge in [-0.05, 0) is 13.7 Å². The van der Waals surface area contributed by atoms with Crippen LogP contribution in [0.3, 0.4) is 0 Å². The summed E-state index contributed by atoms with van der Waals surface area (Å²) in [5.41, 5.74) is 0. The minimum atomic E-state index is -0.463. The largest absolute Gasteiger partial charge is 0.437 e. The van der Waals surface area contributed by atoms with E-state index in [9.17, 15) is 5.02 Å². The average molecular weight is 198 g/mol. The first-order valence-electron chi connectivity index (χ1n) is 3.70. The van der Waals surface area contributed by atoms with E-state index in [1.165, 1.54) is 0 Å². The molecule has 0 rings (SSSR count). The number of hydrogen-bond donors (Lipinski definition) is 1. The van der Waals surface area contributed by atoms with Gasteiger partial charge in [0.25, 0.3) is 0 Å². The summed E-state index contributed by atoms with van der Waals surface area (Å²) < 4.78 is 0. The van der Waals surface area contributed by atoms with Gasteiger partial charge >= 0.3 is 7.05 Å². The van der Waals surface area contributed by atoms with Crippen LogP contribution in [0.4, 0.5) is 0 Å². The first-order valence-corrected chi connectivity index (χ1v) is 4.67. The molecule has 0 spiro atoms. The molecule has 0 heterocycles. The number of alkyl halides is 2. The highest BCUT2D eigenvalue weighted by atomic mass is 35.5. The summed E-state index contributed by atoms with van der Waals surface area (Å²) in [6.07, 6.45) is 0. The van der Waals surface area contributed by atoms with Gasteiger partial charge in [-0.2, -0.15) is 0 Å². The summed E-state index contributed by atoms with van der Waals surface area (Å²) in [6.45, 7) is 4.96. The lowest BCUT2D eigenvalue weighted by atomic mass is 9.85. The molecular formula is C6H14BCl2NO. The molecule has 0 aliphatic heterocycles. The Labute approximate surface area is 78.6 Å². The lowest BCUT2D eigenvalue weighted by molar-refractivity contribution is 0.383. The SMILES string of the molecule is CB(O)N(CCCl)CC(C)Cl. The summed E-state index contributed by atoms with van der Waals surface area (Å²) in [6, 6.07) is 0. The summed E-state index contributed by atoms with van der Waals surface area (Å²) in [7, 11) is -0.463. The van der Waals surface area contributed by atoms with Gasteiger partial charge in [0.1, 0.15) is 0 Å². The van der Waals surface area contributed by atoms with Crippen molar-refractivity contribution in [1.29, 1.82) is 0 Å². The molecule has 0 saturated heterocycles. The van der Waals surface area contributed by atoms with Crippen molar-refractivity contribution >= 4 is 30.3 Å². The van der Waals surface area contributed by atoms with Gasteiger partial charge in [-0.25, -0.2) is 0 Å². The Balaban J connectivity index is 3.69. The highest BCUT2D eigenvalue weighted by molar-refractivity contribution is 6.45. The first-order chi connectivity index (χ1) is 5.07. The molecule has 1 atom stereocenters. The average Bonchev–Trinajstić information content (AvgIpc) is 1.86. The quantitative estimate of drug-likeness (QED) is 0.530. The van der Waals surface area contributed by atoms with Crippen LogP contribution in [-0.2, 0) is 0 Å². The third kappa shape index (κ3) is 5.79. The molecule has 0 radical (unpaired) electrons. The zero-order valence-electron chi connectivity index (χ0n) is 6.93. The zero-order chi connectivity index (χ0) is 8.85. The number of rotatable bonds is 5. The third-order valence-corrected chi connectivity index (χ3v) is 1.69. The Kier molecular flexibility index (Phi) is 6.44. The van der Waals surface area contributed by atoms with Crippen molar-refractivity contribution in [3.63, 3.8) is 0 Å². The van der Waals surface area contributed by atoms with E-state index in [0.29, 0.717) is 19.0 Å². The fourth-order valence-corrected chi connectivity index (χ4v) is 1.26. The Hall–Kier alpha value is 0.565. The monoisotopic (exact) mass is 197 g/mol. The summed E-state index contributed by atoms with van der Waals surface area (Å²) >= 11 is 11.3. The number of nitrogens with zero attached hydrogens (tertiary/aromatic N) is 1. The van der Waals surface area contributed by atoms with Gasteiger partial charge < -0.3 is 9.83 Å². The van der Waals surface area contributed by atoms with E-state index in [1.54, 1.807) is 6.82 Å². The maximum atomic E-state index is 9.20. The van der Waals surface area contributed by atoms with Crippen LogP contribution >= 0.6 is 23.2 Å². The predicted octanol–water partition coefficient (Wildman–Crippen LogP) is 1.26. The third-order valence-electron chi connectivity index (χ3n) is 1.39. The first kappa shape index (κ1) is 11.6. The molecule has 0 aromatic carbocycles. The Morgan fingerprint density at radius 3 is 2.45 bits per heavy atom. The van der Waals surface area contributed by atoms with E-state index in [-0.39, 0.29) is 5.38 Å². The van der Waals surface area contributed by atoms with E-state index in [4.69, 9.17) is 23.2 Å². The second kappa shape index (κ2) is 6.12. The van der Waals surface area contributed by atoms with Crippen LogP contribution in [0, 0.1) is 0 Å². The van der Waals surface area contributed by atoms with Crippen molar-refractivity contribution in [2.24, 2.45) is 0 Å². The maximum absolute atomic E-state index is 9.20. The van der Waals surface area contributed by atoms with E-state index >= 15 is 0 Å². The second-order valence-electron chi connectivity index (χ2n) is 2.60. The van der Waals surface area contributed by atoms with Crippen molar-refractivity contribution < 1.29 is 5.02 Å². The van der Waals surface area contributed by atoms with Gasteiger partial charge in [-0.1, -0.05) is 0 Å². The van der Waals surface area contributed by atoms with Gasteiger partial charge in [-0.15, -0.1) is 23.2 Å². The molecule has 2 nitrogen and oxygen atoms in total. The normalized spacial score (nSPS) is 13.6. The maximum Gasteiger partial charge on any atom is 0.376 e. The summed E-state index contributed by atoms with van der Waals surface area (Å²) in [5, 5.41) is 9.25. The van der Waals surface area contributed by atoms with Crippen molar-refractivity contribution in [1.82, 2.24) is 4.81 Å². The van der Waals surface area contributed by atoms with Crippen LogP contribution in [0.2, 0.25) is 6.82 Å². The van der Waals surface area contributed by atoms with Crippen molar-refractivity contribution in [2.45, 2.75) is 19.1 Å². The molecule has 0 aromatic rings. The Morgan fingerprint density at radius 2 is 2.18 bits per heavy atom. The molecule has 0 saturated carbocycles. The molecule has 11 heavy (non-hydrogen) atoms. The minimum absolute atomic E-state index is 0.0489. The van der Waals surface area contributed by atoms with E-state index in [2.05, 4.69) is 0 Å². The molecule has 0 aromatic heterocycles. The molecule has 0 amide bonds. The van der Waals surface area contributed by atoms with Gasteiger partial charge in [0.05, 0.1) is 0 Å². The van der Waals surface area contributed by atoms with Crippen LogP contribution in [-0.4, -0.2) is 41.2 Å². The van der Waals surface area contributed by atoms with E-state index < -0.39 is 7.05 Å². The molecule has 1 unspecified atom stereocenters. The molecule has 1 N–H and O–H groups in total.